The first kappa shape index (κ1) is 17.8. The second kappa shape index (κ2) is 6.72. The van der Waals surface area contributed by atoms with Gasteiger partial charge in [0, 0.05) is 11.8 Å². The maximum atomic E-state index is 14.1. The summed E-state index contributed by atoms with van der Waals surface area (Å²) < 4.78 is 14.1. The van der Waals surface area contributed by atoms with Crippen molar-refractivity contribution in [2.24, 2.45) is 0 Å². The van der Waals surface area contributed by atoms with Crippen LogP contribution >= 0.6 is 11.6 Å². The summed E-state index contributed by atoms with van der Waals surface area (Å²) in [5.74, 6) is -1.74. The van der Waals surface area contributed by atoms with Crippen molar-refractivity contribution in [1.82, 2.24) is 15.2 Å². The number of hydrogen-bond acceptors (Lipinski definition) is 4. The topological polar surface area (TPSA) is 91.4 Å². The summed E-state index contributed by atoms with van der Waals surface area (Å²) in [6.45, 7) is 0.864. The highest BCUT2D eigenvalue weighted by molar-refractivity contribution is 6.30. The van der Waals surface area contributed by atoms with Gasteiger partial charge in [-0.15, -0.1) is 0 Å². The van der Waals surface area contributed by atoms with E-state index in [0.29, 0.717) is 5.02 Å². The second-order valence-electron chi connectivity index (χ2n) is 5.84. The highest BCUT2D eigenvalue weighted by Gasteiger charge is 2.50. The fourth-order valence-corrected chi connectivity index (χ4v) is 2.78. The fourth-order valence-electron chi connectivity index (χ4n) is 2.67. The van der Waals surface area contributed by atoms with Gasteiger partial charge in [-0.2, -0.15) is 0 Å². The van der Waals surface area contributed by atoms with E-state index in [1.807, 2.05) is 0 Å². The van der Waals surface area contributed by atoms with E-state index >= 15 is 0 Å². The number of benzene rings is 1. The average molecular weight is 377 g/mol. The predicted octanol–water partition coefficient (Wildman–Crippen LogP) is 2.28. The lowest BCUT2D eigenvalue weighted by Crippen LogP contribution is -2.42. The van der Waals surface area contributed by atoms with E-state index < -0.39 is 35.7 Å². The van der Waals surface area contributed by atoms with Crippen molar-refractivity contribution in [2.75, 3.05) is 11.9 Å². The van der Waals surface area contributed by atoms with Crippen molar-refractivity contribution in [3.63, 3.8) is 0 Å². The molecule has 4 amide bonds. The highest BCUT2D eigenvalue weighted by atomic mass is 35.5. The van der Waals surface area contributed by atoms with Gasteiger partial charge in [-0.3, -0.25) is 14.5 Å². The molecule has 0 bridgehead atoms. The minimum absolute atomic E-state index is 0.0284. The Morgan fingerprint density at radius 2 is 2.04 bits per heavy atom. The van der Waals surface area contributed by atoms with Gasteiger partial charge in [0.25, 0.3) is 5.91 Å². The lowest BCUT2D eigenvalue weighted by atomic mass is 9.91. The van der Waals surface area contributed by atoms with Crippen LogP contribution in [-0.4, -0.2) is 34.3 Å². The standard InChI is InChI=1S/C17H14ClFN4O3/c1-17(11-4-2-3-5-12(11)19)15(25)23(16(26)22-17)9-14(24)21-13-7-6-10(18)8-20-13/h2-8H,9H2,1H3,(H,22,26)(H,20,21,24)/t17-/m0/s1. The van der Waals surface area contributed by atoms with E-state index in [9.17, 15) is 18.8 Å². The number of carbonyl (C=O) groups excluding carboxylic acids is 3. The Morgan fingerprint density at radius 3 is 2.69 bits per heavy atom. The summed E-state index contributed by atoms with van der Waals surface area (Å²) in [7, 11) is 0. The Labute approximate surface area is 153 Å². The molecule has 1 aromatic carbocycles. The predicted molar refractivity (Wildman–Crippen MR) is 91.9 cm³/mol. The smallest absolute Gasteiger partial charge is 0.319 e. The molecular weight excluding hydrogens is 363 g/mol. The number of aromatic nitrogens is 1. The van der Waals surface area contributed by atoms with Gasteiger partial charge < -0.3 is 10.6 Å². The molecule has 1 atom stereocenters. The zero-order valence-corrected chi connectivity index (χ0v) is 14.4. The van der Waals surface area contributed by atoms with Gasteiger partial charge in [-0.05, 0) is 25.1 Å². The number of pyridine rings is 1. The van der Waals surface area contributed by atoms with Gasteiger partial charge in [0.1, 0.15) is 23.7 Å². The number of nitrogens with zero attached hydrogens (tertiary/aromatic N) is 2. The van der Waals surface area contributed by atoms with E-state index in [4.69, 9.17) is 11.6 Å². The third kappa shape index (κ3) is 3.23. The normalized spacial score (nSPS) is 19.4. The Morgan fingerprint density at radius 1 is 1.31 bits per heavy atom. The van der Waals surface area contributed by atoms with Crippen molar-refractivity contribution in [3.05, 3.63) is 59.0 Å². The van der Waals surface area contributed by atoms with Gasteiger partial charge >= 0.3 is 6.03 Å². The van der Waals surface area contributed by atoms with Crippen molar-refractivity contribution in [2.45, 2.75) is 12.5 Å². The van der Waals surface area contributed by atoms with E-state index in [1.165, 1.54) is 43.5 Å². The van der Waals surface area contributed by atoms with Gasteiger partial charge in [0.05, 0.1) is 5.02 Å². The van der Waals surface area contributed by atoms with Gasteiger partial charge in [0.15, 0.2) is 0 Å². The number of anilines is 1. The molecule has 1 fully saturated rings. The number of hydrogen-bond donors (Lipinski definition) is 2. The first-order valence-electron chi connectivity index (χ1n) is 7.62. The number of rotatable bonds is 4. The van der Waals surface area contributed by atoms with E-state index in [2.05, 4.69) is 15.6 Å². The van der Waals surface area contributed by atoms with Crippen molar-refractivity contribution in [1.29, 1.82) is 0 Å². The maximum Gasteiger partial charge on any atom is 0.325 e. The fraction of sp³-hybridized carbons (Fsp3) is 0.176. The summed E-state index contributed by atoms with van der Waals surface area (Å²) in [5, 5.41) is 5.31. The summed E-state index contributed by atoms with van der Waals surface area (Å²) >= 11 is 5.71. The van der Waals surface area contributed by atoms with E-state index in [0.717, 1.165) is 4.90 Å². The Balaban J connectivity index is 1.76. The molecular formula is C17H14ClFN4O3. The van der Waals surface area contributed by atoms with Crippen LogP contribution in [0.2, 0.25) is 5.02 Å². The zero-order valence-electron chi connectivity index (χ0n) is 13.6. The van der Waals surface area contributed by atoms with Crippen LogP contribution in [0.1, 0.15) is 12.5 Å². The monoisotopic (exact) mass is 376 g/mol. The number of urea groups is 1. The number of imide groups is 1. The largest absolute Gasteiger partial charge is 0.325 e. The summed E-state index contributed by atoms with van der Waals surface area (Å²) in [5.41, 5.74) is -1.55. The van der Waals surface area contributed by atoms with E-state index in [1.54, 1.807) is 6.07 Å². The summed E-state index contributed by atoms with van der Waals surface area (Å²) in [4.78, 5) is 41.6. The molecule has 2 N–H and O–H groups in total. The van der Waals surface area contributed by atoms with Crippen LogP contribution in [0.25, 0.3) is 0 Å². The molecule has 7 nitrogen and oxygen atoms in total. The molecule has 0 unspecified atom stereocenters. The second-order valence-corrected chi connectivity index (χ2v) is 6.27. The van der Waals surface area contributed by atoms with Crippen molar-refractivity contribution >= 4 is 35.3 Å². The van der Waals surface area contributed by atoms with Crippen LogP contribution in [-0.2, 0) is 15.1 Å². The first-order valence-corrected chi connectivity index (χ1v) is 7.99. The molecule has 2 heterocycles. The minimum atomic E-state index is -1.58. The molecule has 1 saturated heterocycles. The van der Waals surface area contributed by atoms with Crippen LogP contribution in [0.3, 0.4) is 0 Å². The van der Waals surface area contributed by atoms with Crippen LogP contribution < -0.4 is 10.6 Å². The van der Waals surface area contributed by atoms with E-state index in [-0.39, 0.29) is 11.4 Å². The molecule has 0 aliphatic carbocycles. The molecule has 9 heteroatoms. The Kier molecular flexibility index (Phi) is 4.60. The van der Waals surface area contributed by atoms with Crippen molar-refractivity contribution < 1.29 is 18.8 Å². The maximum absolute atomic E-state index is 14.1. The Hall–Kier alpha value is -3.00. The molecule has 0 spiro atoms. The Bertz CT molecular complexity index is 890. The molecule has 0 radical (unpaired) electrons. The molecule has 1 aromatic heterocycles. The average Bonchev–Trinajstić information content (AvgIpc) is 2.81. The van der Waals surface area contributed by atoms with Gasteiger partial charge in [-0.25, -0.2) is 14.2 Å². The third-order valence-corrected chi connectivity index (χ3v) is 4.21. The number of amides is 4. The van der Waals surface area contributed by atoms with Crippen molar-refractivity contribution in [3.8, 4) is 0 Å². The van der Waals surface area contributed by atoms with Crippen LogP contribution in [0.5, 0.6) is 0 Å². The molecule has 1 aliphatic heterocycles. The van der Waals surface area contributed by atoms with Crippen LogP contribution in [0.15, 0.2) is 42.6 Å². The lowest BCUT2D eigenvalue weighted by molar-refractivity contribution is -0.133. The third-order valence-electron chi connectivity index (χ3n) is 3.98. The molecule has 26 heavy (non-hydrogen) atoms. The van der Waals surface area contributed by atoms with Gasteiger partial charge in [0.2, 0.25) is 5.91 Å². The minimum Gasteiger partial charge on any atom is -0.319 e. The molecule has 134 valence electrons. The molecule has 0 saturated carbocycles. The lowest BCUT2D eigenvalue weighted by Gasteiger charge is -2.22. The van der Waals surface area contributed by atoms with Crippen LogP contribution in [0.4, 0.5) is 15.0 Å². The summed E-state index contributed by atoms with van der Waals surface area (Å²) in [6, 6.07) is 7.89. The quantitative estimate of drug-likeness (QED) is 0.801. The number of carbonyl (C=O) groups is 3. The zero-order chi connectivity index (χ0) is 18.9. The molecule has 2 aromatic rings. The SMILES string of the molecule is C[C@@]1(c2ccccc2F)NC(=O)N(CC(=O)Nc2ccc(Cl)cn2)C1=O. The number of nitrogens with one attached hydrogen (secondary N) is 2. The highest BCUT2D eigenvalue weighted by Crippen LogP contribution is 2.30. The molecule has 1 aliphatic rings. The van der Waals surface area contributed by atoms with Gasteiger partial charge in [-0.1, -0.05) is 29.8 Å². The van der Waals surface area contributed by atoms with Crippen LogP contribution in [0, 0.1) is 5.82 Å². The summed E-state index contributed by atoms with van der Waals surface area (Å²) in [6.07, 6.45) is 1.35. The number of halogens is 2. The molecule has 3 rings (SSSR count). The first-order chi connectivity index (χ1) is 12.3.